The van der Waals surface area contributed by atoms with Crippen molar-refractivity contribution in [1.82, 2.24) is 0 Å². The van der Waals surface area contributed by atoms with E-state index in [0.717, 1.165) is 122 Å². The van der Waals surface area contributed by atoms with Crippen LogP contribution in [0.25, 0.3) is 0 Å². The molecule has 0 aliphatic rings. The number of hydrogen-bond acceptors (Lipinski definition) is 7. The van der Waals surface area contributed by atoms with Gasteiger partial charge in [-0.1, -0.05) is 333 Å². The van der Waals surface area contributed by atoms with Gasteiger partial charge in [-0.05, 0) is 122 Å². The summed E-state index contributed by atoms with van der Waals surface area (Å²) in [5, 5.41) is 9.77. The number of unbranched alkanes of at least 4 members (excludes halogenated alkanes) is 32. The van der Waals surface area contributed by atoms with Crippen LogP contribution in [0.4, 0.5) is 0 Å². The summed E-state index contributed by atoms with van der Waals surface area (Å²) in [6.07, 6.45) is 107. The van der Waals surface area contributed by atoms with Crippen molar-refractivity contribution in [3.63, 3.8) is 0 Å². The smallest absolute Gasteiger partial charge is 0.361 e. The van der Waals surface area contributed by atoms with Crippen LogP contribution in [0.3, 0.4) is 0 Å². The summed E-state index contributed by atoms with van der Waals surface area (Å²) >= 11 is 0. The summed E-state index contributed by atoms with van der Waals surface area (Å²) in [5.74, 6) is -2.03. The highest BCUT2D eigenvalue weighted by Gasteiger charge is 2.25. The van der Waals surface area contributed by atoms with E-state index in [1.165, 1.54) is 167 Å². The van der Waals surface area contributed by atoms with Crippen LogP contribution in [-0.2, 0) is 33.3 Å². The first kappa shape index (κ1) is 90.2. The van der Waals surface area contributed by atoms with Crippen LogP contribution in [0, 0.1) is 0 Å². The van der Waals surface area contributed by atoms with Gasteiger partial charge < -0.3 is 28.5 Å². The number of carbonyl (C=O) groups is 3. The van der Waals surface area contributed by atoms with Gasteiger partial charge in [0.1, 0.15) is 13.2 Å². The minimum Gasteiger partial charge on any atom is -0.477 e. The largest absolute Gasteiger partial charge is 0.477 e. The van der Waals surface area contributed by atoms with Crippen molar-refractivity contribution < 1.29 is 42.9 Å². The Kier molecular flexibility index (Phi) is 71.1. The minimum atomic E-state index is -1.53. The zero-order chi connectivity index (χ0) is 69.0. The van der Waals surface area contributed by atoms with E-state index in [-0.39, 0.29) is 32.2 Å². The second-order valence-corrected chi connectivity index (χ2v) is 26.9. The molecule has 0 amide bonds. The Hall–Kier alpha value is -4.83. The standard InChI is InChI=1S/C86H145NO8/c1-6-8-10-12-14-16-18-20-22-24-26-28-30-32-34-36-38-39-40-41-42-43-44-45-47-49-51-53-55-57-59-61-63-65-67-69-71-73-75-77-84(89)95-82(81-94-86(85(90)91)92-79-78-87(3,4)5)80-93-83(88)76-74-72-70-68-66-64-62-60-58-56-54-52-50-48-46-37-35-33-31-29-27-25-23-21-19-17-15-13-11-9-7-2/h8,10,14,16,20,22,25-28,32,34,38-39,41-42,44-45,49,51,55,57,61,63,82,86H,6-7,9,11-13,15,17-19,21,23-24,29-31,33,35-37,40,43,46-48,50,52-54,56,58-60,62,64-81H2,1-5H3/p+1/b10-8-,16-14-,22-20-,27-25-,28-26-,34-32-,39-38-,42-41-,45-44-,51-49-,57-55-,63-61-. The molecule has 0 aliphatic heterocycles. The van der Waals surface area contributed by atoms with Gasteiger partial charge in [0.15, 0.2) is 6.10 Å². The van der Waals surface area contributed by atoms with Crippen LogP contribution in [0.15, 0.2) is 146 Å². The second kappa shape index (κ2) is 75.0. The van der Waals surface area contributed by atoms with Gasteiger partial charge in [-0.3, -0.25) is 9.59 Å². The molecule has 1 N–H and O–H groups in total. The maximum absolute atomic E-state index is 13.0. The lowest BCUT2D eigenvalue weighted by molar-refractivity contribution is -0.870. The number of likely N-dealkylation sites (N-methyl/N-ethyl adjacent to an activating group) is 1. The van der Waals surface area contributed by atoms with Crippen LogP contribution in [-0.4, -0.2) is 87.4 Å². The summed E-state index contributed by atoms with van der Waals surface area (Å²) in [5.41, 5.74) is 0. The van der Waals surface area contributed by atoms with Crippen molar-refractivity contribution in [2.45, 2.75) is 334 Å². The number of allylic oxidation sites excluding steroid dienone is 24. The lowest BCUT2D eigenvalue weighted by atomic mass is 10.0. The first-order valence-corrected chi connectivity index (χ1v) is 39.0. The molecule has 0 saturated carbocycles. The van der Waals surface area contributed by atoms with Gasteiger partial charge in [0.2, 0.25) is 0 Å². The van der Waals surface area contributed by atoms with Gasteiger partial charge >= 0.3 is 17.9 Å². The molecule has 9 nitrogen and oxygen atoms in total. The highest BCUT2D eigenvalue weighted by Crippen LogP contribution is 2.18. The number of rotatable bonds is 71. The number of carboxylic acid groups (broad SMARTS) is 1. The van der Waals surface area contributed by atoms with E-state index in [1.807, 2.05) is 21.1 Å². The quantitative estimate of drug-likeness (QED) is 0.0211. The van der Waals surface area contributed by atoms with Gasteiger partial charge in [0, 0.05) is 12.8 Å². The molecule has 0 fully saturated rings. The molecule has 0 saturated heterocycles. The second-order valence-electron chi connectivity index (χ2n) is 26.9. The summed E-state index contributed by atoms with van der Waals surface area (Å²) in [6, 6.07) is 0. The number of esters is 2. The Bertz CT molecular complexity index is 2080. The minimum absolute atomic E-state index is 0.178. The summed E-state index contributed by atoms with van der Waals surface area (Å²) in [6.45, 7) is 4.76. The number of ether oxygens (including phenoxy) is 4. The number of nitrogens with zero attached hydrogens (tertiary/aromatic N) is 1. The van der Waals surface area contributed by atoms with E-state index in [4.69, 9.17) is 18.9 Å². The Balaban J connectivity index is 4.15. The predicted octanol–water partition coefficient (Wildman–Crippen LogP) is 25.0. The lowest BCUT2D eigenvalue weighted by Crippen LogP contribution is -2.40. The topological polar surface area (TPSA) is 108 Å². The summed E-state index contributed by atoms with van der Waals surface area (Å²) in [7, 11) is 5.97. The summed E-state index contributed by atoms with van der Waals surface area (Å²) in [4.78, 5) is 37.7. The van der Waals surface area contributed by atoms with Gasteiger partial charge in [-0.25, -0.2) is 4.79 Å². The number of quaternary nitrogens is 1. The third-order valence-corrected chi connectivity index (χ3v) is 16.6. The molecule has 2 atom stereocenters. The van der Waals surface area contributed by atoms with Crippen LogP contribution < -0.4 is 0 Å². The average Bonchev–Trinajstić information content (AvgIpc) is 2.92. The Morgan fingerprint density at radius 1 is 0.326 bits per heavy atom. The fraction of sp³-hybridized carbons (Fsp3) is 0.686. The third kappa shape index (κ3) is 76.4. The predicted molar refractivity (Wildman–Crippen MR) is 410 cm³/mol. The highest BCUT2D eigenvalue weighted by atomic mass is 16.7. The molecule has 9 heteroatoms. The molecule has 0 aliphatic carbocycles. The van der Waals surface area contributed by atoms with E-state index >= 15 is 0 Å². The molecule has 0 bridgehead atoms. The zero-order valence-electron chi connectivity index (χ0n) is 62.0. The van der Waals surface area contributed by atoms with Crippen LogP contribution >= 0.6 is 0 Å². The lowest BCUT2D eigenvalue weighted by Gasteiger charge is -2.25. The van der Waals surface area contributed by atoms with Crippen molar-refractivity contribution in [1.29, 1.82) is 0 Å². The average molecular weight is 1320 g/mol. The molecule has 0 rings (SSSR count). The maximum atomic E-state index is 13.0. The molecule has 95 heavy (non-hydrogen) atoms. The van der Waals surface area contributed by atoms with Gasteiger partial charge in [0.05, 0.1) is 34.4 Å². The van der Waals surface area contributed by atoms with E-state index in [9.17, 15) is 19.5 Å². The Morgan fingerprint density at radius 2 is 0.600 bits per heavy atom. The van der Waals surface area contributed by atoms with Crippen molar-refractivity contribution in [2.24, 2.45) is 0 Å². The fourth-order valence-electron chi connectivity index (χ4n) is 10.7. The SMILES string of the molecule is CC/C=C\C/C=C\C/C=C\C/C=C\C/C=C\C/C=C\C/C=C\C/C=C\C/C=C\C/C=C\C/C=C\CCCCCCCC(=O)OC(COC(=O)CCCCCCCCCCCCCCCCCCCCC/C=C\CCCCCCCCCC)COC(OCC[N+](C)(C)C)C(=O)O. The number of carbonyl (C=O) groups excluding carboxylic acids is 2. The van der Waals surface area contributed by atoms with Crippen LogP contribution in [0.1, 0.15) is 322 Å². The van der Waals surface area contributed by atoms with E-state index in [1.54, 1.807) is 0 Å². The van der Waals surface area contributed by atoms with Crippen molar-refractivity contribution in [3.8, 4) is 0 Å². The summed E-state index contributed by atoms with van der Waals surface area (Å²) < 4.78 is 23.0. The number of carboxylic acids is 1. The first-order valence-electron chi connectivity index (χ1n) is 39.0. The van der Waals surface area contributed by atoms with Crippen molar-refractivity contribution in [2.75, 3.05) is 47.5 Å². The molecular formula is C86H146NO8+. The number of aliphatic carboxylic acids is 1. The molecular weight excluding hydrogens is 1170 g/mol. The van der Waals surface area contributed by atoms with Gasteiger partial charge in [-0.15, -0.1) is 0 Å². The molecule has 2 unspecified atom stereocenters. The Labute approximate surface area is 585 Å². The monoisotopic (exact) mass is 1320 g/mol. The van der Waals surface area contributed by atoms with Crippen molar-refractivity contribution >= 4 is 17.9 Å². The Morgan fingerprint density at radius 3 is 0.905 bits per heavy atom. The van der Waals surface area contributed by atoms with Crippen LogP contribution in [0.2, 0.25) is 0 Å². The highest BCUT2D eigenvalue weighted by molar-refractivity contribution is 5.71. The van der Waals surface area contributed by atoms with E-state index in [0.29, 0.717) is 23.9 Å². The van der Waals surface area contributed by atoms with Gasteiger partial charge in [0.25, 0.3) is 6.29 Å². The normalized spacial score (nSPS) is 13.5. The number of hydrogen-bond donors (Lipinski definition) is 1. The zero-order valence-corrected chi connectivity index (χ0v) is 62.0. The molecule has 0 heterocycles. The molecule has 0 spiro atoms. The fourth-order valence-corrected chi connectivity index (χ4v) is 10.7. The van der Waals surface area contributed by atoms with E-state index in [2.05, 4.69) is 160 Å². The molecule has 0 aromatic heterocycles. The third-order valence-electron chi connectivity index (χ3n) is 16.6. The van der Waals surface area contributed by atoms with Gasteiger partial charge in [-0.2, -0.15) is 0 Å². The molecule has 0 aromatic rings. The van der Waals surface area contributed by atoms with E-state index < -0.39 is 24.3 Å². The molecule has 0 radical (unpaired) electrons. The maximum Gasteiger partial charge on any atom is 0.361 e. The van der Waals surface area contributed by atoms with Crippen LogP contribution in [0.5, 0.6) is 0 Å². The molecule has 0 aromatic carbocycles. The van der Waals surface area contributed by atoms with Crippen molar-refractivity contribution in [3.05, 3.63) is 146 Å². The first-order chi connectivity index (χ1) is 46.6. The molecule has 542 valence electrons.